The zero-order valence-corrected chi connectivity index (χ0v) is 10.9. The smallest absolute Gasteiger partial charge is 0.248 e. The van der Waals surface area contributed by atoms with Gasteiger partial charge in [-0.15, -0.1) is 0 Å². The molecule has 0 aliphatic heterocycles. The molecular weight excluding hydrogens is 261 g/mol. The predicted octanol–water partition coefficient (Wildman–Crippen LogP) is 4.07. The van der Waals surface area contributed by atoms with Crippen LogP contribution in [0.25, 0.3) is 0 Å². The Bertz CT molecular complexity index is 566. The minimum Gasteiger partial charge on any atom is -0.322 e. The van der Waals surface area contributed by atoms with Crippen molar-refractivity contribution in [2.24, 2.45) is 0 Å². The van der Waals surface area contributed by atoms with Crippen LogP contribution in [0.3, 0.4) is 0 Å². The zero-order chi connectivity index (χ0) is 13.5. The van der Waals surface area contributed by atoms with Crippen molar-refractivity contribution in [3.8, 4) is 0 Å². The topological polar surface area (TPSA) is 29.1 Å². The average molecular weight is 273 g/mol. The Morgan fingerprint density at radius 2 is 1.74 bits per heavy atom. The molecule has 0 fully saturated rings. The van der Waals surface area contributed by atoms with Crippen LogP contribution in [0, 0.1) is 5.82 Å². The zero-order valence-electron chi connectivity index (χ0n) is 10.0. The Labute approximate surface area is 115 Å². The maximum atomic E-state index is 12.7. The number of rotatable bonds is 4. The molecule has 0 atom stereocenters. The van der Waals surface area contributed by atoms with Crippen LogP contribution >= 0.6 is 11.8 Å². The number of anilines is 1. The quantitative estimate of drug-likeness (QED) is 0.672. The fourth-order valence-corrected chi connectivity index (χ4v) is 2.05. The Balaban J connectivity index is 1.86. The largest absolute Gasteiger partial charge is 0.322 e. The van der Waals surface area contributed by atoms with Gasteiger partial charge in [-0.3, -0.25) is 4.79 Å². The molecule has 0 heterocycles. The van der Waals surface area contributed by atoms with Gasteiger partial charge in [-0.25, -0.2) is 4.39 Å². The number of halogens is 1. The van der Waals surface area contributed by atoms with E-state index < -0.39 is 0 Å². The molecule has 0 bridgehead atoms. The van der Waals surface area contributed by atoms with Crippen molar-refractivity contribution < 1.29 is 9.18 Å². The molecule has 0 aromatic heterocycles. The molecule has 2 nitrogen and oxygen atoms in total. The Hall–Kier alpha value is -2.07. The van der Waals surface area contributed by atoms with Gasteiger partial charge in [0, 0.05) is 16.7 Å². The van der Waals surface area contributed by atoms with Gasteiger partial charge in [-0.2, -0.15) is 0 Å². The van der Waals surface area contributed by atoms with Crippen molar-refractivity contribution in [3.05, 3.63) is 71.9 Å². The van der Waals surface area contributed by atoms with E-state index in [1.807, 2.05) is 30.3 Å². The third-order valence-corrected chi connectivity index (χ3v) is 3.10. The molecule has 0 unspecified atom stereocenters. The summed E-state index contributed by atoms with van der Waals surface area (Å²) in [6.07, 6.45) is 1.45. The molecule has 19 heavy (non-hydrogen) atoms. The first-order valence-electron chi connectivity index (χ1n) is 5.69. The van der Waals surface area contributed by atoms with Gasteiger partial charge in [0.2, 0.25) is 5.91 Å². The van der Waals surface area contributed by atoms with Gasteiger partial charge < -0.3 is 5.32 Å². The van der Waals surface area contributed by atoms with Gasteiger partial charge in [-0.05, 0) is 41.8 Å². The maximum absolute atomic E-state index is 12.7. The Morgan fingerprint density at radius 3 is 2.42 bits per heavy atom. The fraction of sp³-hybridized carbons (Fsp3) is 0. The van der Waals surface area contributed by atoms with Crippen LogP contribution in [0.1, 0.15) is 0 Å². The number of amides is 1. The van der Waals surface area contributed by atoms with Crippen molar-refractivity contribution in [1.82, 2.24) is 0 Å². The molecular formula is C15H12FNOS. The van der Waals surface area contributed by atoms with Crippen LogP contribution in [0.5, 0.6) is 0 Å². The summed E-state index contributed by atoms with van der Waals surface area (Å²) in [5.41, 5.74) is 0.570. The Morgan fingerprint density at radius 1 is 1.05 bits per heavy atom. The van der Waals surface area contributed by atoms with E-state index in [-0.39, 0.29) is 11.7 Å². The van der Waals surface area contributed by atoms with E-state index >= 15 is 0 Å². The van der Waals surface area contributed by atoms with Crippen LogP contribution < -0.4 is 5.32 Å². The number of nitrogens with one attached hydrogen (secondary N) is 1. The second kappa shape index (κ2) is 6.75. The normalized spacial score (nSPS) is 10.6. The van der Waals surface area contributed by atoms with Crippen LogP contribution in [0.2, 0.25) is 0 Å². The lowest BCUT2D eigenvalue weighted by Gasteiger charge is -2.01. The SMILES string of the molecule is O=C(C=CSc1ccccc1)Nc1ccc(F)cc1. The summed E-state index contributed by atoms with van der Waals surface area (Å²) >= 11 is 1.46. The first kappa shape index (κ1) is 13.4. The molecule has 1 amide bonds. The van der Waals surface area contributed by atoms with E-state index in [9.17, 15) is 9.18 Å². The summed E-state index contributed by atoms with van der Waals surface area (Å²) in [6, 6.07) is 15.4. The van der Waals surface area contributed by atoms with Crippen molar-refractivity contribution in [1.29, 1.82) is 0 Å². The highest BCUT2D eigenvalue weighted by Crippen LogP contribution is 2.18. The van der Waals surface area contributed by atoms with E-state index in [2.05, 4.69) is 5.32 Å². The third-order valence-electron chi connectivity index (χ3n) is 2.28. The van der Waals surface area contributed by atoms with Gasteiger partial charge >= 0.3 is 0 Å². The number of hydrogen-bond donors (Lipinski definition) is 1. The minimum atomic E-state index is -0.326. The molecule has 0 saturated heterocycles. The summed E-state index contributed by atoms with van der Waals surface area (Å²) < 4.78 is 12.7. The lowest BCUT2D eigenvalue weighted by atomic mass is 10.3. The van der Waals surface area contributed by atoms with Gasteiger partial charge in [0.25, 0.3) is 0 Å². The average Bonchev–Trinajstić information content (AvgIpc) is 2.43. The molecule has 2 aromatic rings. The summed E-state index contributed by atoms with van der Waals surface area (Å²) in [6.45, 7) is 0. The molecule has 2 aromatic carbocycles. The minimum absolute atomic E-state index is 0.241. The lowest BCUT2D eigenvalue weighted by Crippen LogP contribution is -2.07. The van der Waals surface area contributed by atoms with Crippen LogP contribution in [-0.4, -0.2) is 5.91 Å². The second-order valence-corrected chi connectivity index (χ2v) is 4.71. The highest BCUT2D eigenvalue weighted by molar-refractivity contribution is 8.02. The molecule has 0 aliphatic carbocycles. The number of thioether (sulfide) groups is 1. The van der Waals surface area contributed by atoms with Crippen molar-refractivity contribution in [2.75, 3.05) is 5.32 Å². The molecule has 96 valence electrons. The molecule has 0 aliphatic rings. The van der Waals surface area contributed by atoms with Crippen molar-refractivity contribution in [2.45, 2.75) is 4.90 Å². The summed E-state index contributed by atoms with van der Waals surface area (Å²) in [5, 5.41) is 4.37. The van der Waals surface area contributed by atoms with E-state index in [0.29, 0.717) is 5.69 Å². The van der Waals surface area contributed by atoms with E-state index in [4.69, 9.17) is 0 Å². The standard InChI is InChI=1S/C15H12FNOS/c16-12-6-8-13(9-7-12)17-15(18)10-11-19-14-4-2-1-3-5-14/h1-11H,(H,17,18). The van der Waals surface area contributed by atoms with E-state index in [1.54, 1.807) is 5.41 Å². The van der Waals surface area contributed by atoms with Crippen LogP contribution in [0.4, 0.5) is 10.1 Å². The summed E-state index contributed by atoms with van der Waals surface area (Å²) in [7, 11) is 0. The van der Waals surface area contributed by atoms with Gasteiger partial charge in [-0.1, -0.05) is 30.0 Å². The highest BCUT2D eigenvalue weighted by atomic mass is 32.2. The molecule has 1 N–H and O–H groups in total. The molecule has 2 rings (SSSR count). The second-order valence-electron chi connectivity index (χ2n) is 3.73. The van der Waals surface area contributed by atoms with Crippen LogP contribution in [-0.2, 0) is 4.79 Å². The Kier molecular flexibility index (Phi) is 4.75. The van der Waals surface area contributed by atoms with Gasteiger partial charge in [0.1, 0.15) is 5.82 Å². The number of benzene rings is 2. The van der Waals surface area contributed by atoms with Crippen LogP contribution in [0.15, 0.2) is 71.0 Å². The van der Waals surface area contributed by atoms with Gasteiger partial charge in [0.15, 0.2) is 0 Å². The number of carbonyl (C=O) groups excluding carboxylic acids is 1. The predicted molar refractivity (Wildman–Crippen MR) is 76.5 cm³/mol. The molecule has 0 spiro atoms. The molecule has 0 saturated carbocycles. The summed E-state index contributed by atoms with van der Waals surface area (Å²) in [5.74, 6) is -0.566. The van der Waals surface area contributed by atoms with Gasteiger partial charge in [0.05, 0.1) is 0 Å². The van der Waals surface area contributed by atoms with Crippen molar-refractivity contribution in [3.63, 3.8) is 0 Å². The number of hydrogen-bond acceptors (Lipinski definition) is 2. The van der Waals surface area contributed by atoms with Crippen molar-refractivity contribution >= 4 is 23.4 Å². The summed E-state index contributed by atoms with van der Waals surface area (Å²) in [4.78, 5) is 12.6. The molecule has 4 heteroatoms. The van der Waals surface area contributed by atoms with E-state index in [1.165, 1.54) is 42.1 Å². The first-order valence-corrected chi connectivity index (χ1v) is 6.57. The molecule has 0 radical (unpaired) electrons. The van der Waals surface area contributed by atoms with E-state index in [0.717, 1.165) is 4.90 Å². The number of carbonyl (C=O) groups is 1. The highest BCUT2D eigenvalue weighted by Gasteiger charge is 1.97. The first-order chi connectivity index (χ1) is 9.24. The third kappa shape index (κ3) is 4.60. The fourth-order valence-electron chi connectivity index (χ4n) is 1.39. The monoisotopic (exact) mass is 273 g/mol. The maximum Gasteiger partial charge on any atom is 0.248 e. The lowest BCUT2D eigenvalue weighted by molar-refractivity contribution is -0.111.